The monoisotopic (exact) mass is 164 g/mol. The van der Waals surface area contributed by atoms with Crippen molar-refractivity contribution in [2.45, 2.75) is 38.7 Å². The summed E-state index contributed by atoms with van der Waals surface area (Å²) in [7, 11) is 0. The third-order valence-corrected chi connectivity index (χ3v) is 1.55. The highest BCUT2D eigenvalue weighted by Crippen LogP contribution is 2.07. The lowest BCUT2D eigenvalue weighted by molar-refractivity contribution is -0.149. The SMILES string of the molecule is [2H]C([2H])([2H])C([2H])(OC(=O)[C@@H]1CCCN1)C([2H])([2H])[2H]. The fourth-order valence-electron chi connectivity index (χ4n) is 1.06. The van der Waals surface area contributed by atoms with Gasteiger partial charge in [-0.05, 0) is 33.1 Å². The molecule has 1 rings (SSSR count). The van der Waals surface area contributed by atoms with Crippen LogP contribution in [-0.2, 0) is 9.53 Å². The summed E-state index contributed by atoms with van der Waals surface area (Å²) in [5.41, 5.74) is 0. The Balaban J connectivity index is 2.89. The highest BCUT2D eigenvalue weighted by atomic mass is 16.5. The maximum absolute atomic E-state index is 11.6. The van der Waals surface area contributed by atoms with E-state index in [2.05, 4.69) is 10.1 Å². The Morgan fingerprint density at radius 1 is 1.91 bits per heavy atom. The minimum Gasteiger partial charge on any atom is -0.462 e. The average molecular weight is 164 g/mol. The lowest BCUT2D eigenvalue weighted by Crippen LogP contribution is -2.33. The first-order valence-corrected chi connectivity index (χ1v) is 3.45. The van der Waals surface area contributed by atoms with Crippen molar-refractivity contribution < 1.29 is 19.1 Å². The molecule has 0 spiro atoms. The van der Waals surface area contributed by atoms with Crippen LogP contribution in [0.3, 0.4) is 0 Å². The van der Waals surface area contributed by atoms with Gasteiger partial charge in [-0.2, -0.15) is 0 Å². The Morgan fingerprint density at radius 2 is 2.73 bits per heavy atom. The van der Waals surface area contributed by atoms with E-state index in [0.29, 0.717) is 19.4 Å². The molecule has 0 aromatic heterocycles. The van der Waals surface area contributed by atoms with Gasteiger partial charge in [0.15, 0.2) is 0 Å². The number of nitrogens with one attached hydrogen (secondary N) is 1. The van der Waals surface area contributed by atoms with E-state index < -0.39 is 31.8 Å². The molecule has 3 heteroatoms. The number of carbonyl (C=O) groups is 1. The van der Waals surface area contributed by atoms with Gasteiger partial charge in [-0.1, -0.05) is 0 Å². The number of carbonyl (C=O) groups excluding carboxylic acids is 1. The van der Waals surface area contributed by atoms with E-state index in [9.17, 15) is 4.79 Å². The van der Waals surface area contributed by atoms with Crippen LogP contribution in [-0.4, -0.2) is 24.6 Å². The molecule has 1 saturated heterocycles. The van der Waals surface area contributed by atoms with Crippen molar-refractivity contribution in [1.82, 2.24) is 5.32 Å². The number of rotatable bonds is 2. The first kappa shape index (κ1) is 3.05. The molecule has 11 heavy (non-hydrogen) atoms. The highest BCUT2D eigenvalue weighted by molar-refractivity contribution is 5.76. The minimum atomic E-state index is -3.24. The standard InChI is InChI=1S/C8H15NO2/c1-6(2)11-8(10)7-4-3-5-9-7/h6-7,9H,3-5H2,1-2H3/t7-/m0/s1/i1D3,2D3,6D. The van der Waals surface area contributed by atoms with Crippen LogP contribution in [0.2, 0.25) is 0 Å². The summed E-state index contributed by atoms with van der Waals surface area (Å²) in [6.45, 7) is -5.91. The Kier molecular flexibility index (Phi) is 1.03. The minimum absolute atomic E-state index is 0.441. The van der Waals surface area contributed by atoms with Crippen molar-refractivity contribution in [1.29, 1.82) is 0 Å². The molecule has 0 aliphatic carbocycles. The summed E-state index contributed by atoms with van der Waals surface area (Å²) in [4.78, 5) is 11.6. The van der Waals surface area contributed by atoms with E-state index in [0.717, 1.165) is 0 Å². The van der Waals surface area contributed by atoms with Crippen LogP contribution in [0, 0.1) is 0 Å². The maximum atomic E-state index is 11.6. The van der Waals surface area contributed by atoms with Crippen molar-refractivity contribution in [2.24, 2.45) is 0 Å². The largest absolute Gasteiger partial charge is 0.462 e. The quantitative estimate of drug-likeness (QED) is 0.610. The first-order valence-electron chi connectivity index (χ1n) is 6.95. The van der Waals surface area contributed by atoms with Crippen molar-refractivity contribution in [3.05, 3.63) is 0 Å². The van der Waals surface area contributed by atoms with Crippen molar-refractivity contribution >= 4 is 5.97 Å². The maximum Gasteiger partial charge on any atom is 0.323 e. The molecule has 0 bridgehead atoms. The predicted molar refractivity (Wildman–Crippen MR) is 42.3 cm³/mol. The molecule has 0 unspecified atom stereocenters. The fourth-order valence-corrected chi connectivity index (χ4v) is 1.06. The predicted octanol–water partition coefficient (Wildman–Crippen LogP) is 0.690. The number of ether oxygens (including phenoxy) is 1. The van der Waals surface area contributed by atoms with Gasteiger partial charge in [0.05, 0.1) is 7.45 Å². The van der Waals surface area contributed by atoms with Crippen LogP contribution >= 0.6 is 0 Å². The van der Waals surface area contributed by atoms with Crippen LogP contribution in [0.15, 0.2) is 0 Å². The molecule has 64 valence electrons. The molecule has 0 aromatic carbocycles. The molecule has 0 saturated carbocycles. The molecular formula is C8H15NO2. The number of esters is 1. The van der Waals surface area contributed by atoms with Gasteiger partial charge in [0.1, 0.15) is 6.04 Å². The Hall–Kier alpha value is -0.570. The lowest BCUT2D eigenvalue weighted by atomic mass is 10.2. The molecule has 3 nitrogen and oxygen atoms in total. The zero-order valence-corrected chi connectivity index (χ0v) is 6.02. The Morgan fingerprint density at radius 3 is 3.27 bits per heavy atom. The van der Waals surface area contributed by atoms with Crippen LogP contribution in [0.1, 0.15) is 36.1 Å². The number of hydrogen-bond donors (Lipinski definition) is 1. The van der Waals surface area contributed by atoms with Crippen molar-refractivity contribution in [2.75, 3.05) is 6.54 Å². The van der Waals surface area contributed by atoms with Gasteiger partial charge in [-0.15, -0.1) is 0 Å². The summed E-state index contributed by atoms with van der Waals surface area (Å²) < 4.78 is 54.6. The van der Waals surface area contributed by atoms with Gasteiger partial charge in [-0.25, -0.2) is 0 Å². The molecule has 1 atom stereocenters. The molecule has 1 aliphatic heterocycles. The fraction of sp³-hybridized carbons (Fsp3) is 0.875. The number of hydrogen-bond acceptors (Lipinski definition) is 3. The summed E-state index contributed by atoms with van der Waals surface area (Å²) in [6, 6.07) is -0.737. The Labute approximate surface area is 76.9 Å². The van der Waals surface area contributed by atoms with Gasteiger partial charge in [0.2, 0.25) is 0 Å². The van der Waals surface area contributed by atoms with Crippen molar-refractivity contribution in [3.63, 3.8) is 0 Å². The van der Waals surface area contributed by atoms with Gasteiger partial charge in [0, 0.05) is 8.22 Å². The zero-order chi connectivity index (χ0) is 14.2. The smallest absolute Gasteiger partial charge is 0.323 e. The third-order valence-electron chi connectivity index (χ3n) is 1.55. The van der Waals surface area contributed by atoms with E-state index in [1.54, 1.807) is 0 Å². The molecule has 0 radical (unpaired) electrons. The molecular weight excluding hydrogens is 142 g/mol. The van der Waals surface area contributed by atoms with Crippen molar-refractivity contribution in [3.8, 4) is 0 Å². The van der Waals surface area contributed by atoms with Crippen LogP contribution in [0.4, 0.5) is 0 Å². The highest BCUT2D eigenvalue weighted by Gasteiger charge is 2.23. The molecule has 1 N–H and O–H groups in total. The second kappa shape index (κ2) is 3.72. The molecule has 1 fully saturated rings. The van der Waals surface area contributed by atoms with E-state index in [1.165, 1.54) is 0 Å². The summed E-state index contributed by atoms with van der Waals surface area (Å²) in [5, 5.41) is 2.76. The summed E-state index contributed by atoms with van der Waals surface area (Å²) in [6.07, 6.45) is -2.08. The normalized spacial score (nSPS) is 36.7. The second-order valence-corrected chi connectivity index (χ2v) is 2.40. The van der Waals surface area contributed by atoms with E-state index >= 15 is 0 Å². The van der Waals surface area contributed by atoms with Crippen LogP contribution in [0.25, 0.3) is 0 Å². The van der Waals surface area contributed by atoms with Gasteiger partial charge >= 0.3 is 5.97 Å². The molecule has 0 aromatic rings. The zero-order valence-electron chi connectivity index (χ0n) is 13.0. The van der Waals surface area contributed by atoms with Gasteiger partial charge < -0.3 is 10.1 Å². The summed E-state index contributed by atoms with van der Waals surface area (Å²) in [5.74, 6) is -1.00. The van der Waals surface area contributed by atoms with Crippen LogP contribution in [0.5, 0.6) is 0 Å². The van der Waals surface area contributed by atoms with E-state index in [1.807, 2.05) is 0 Å². The van der Waals surface area contributed by atoms with Crippen LogP contribution < -0.4 is 5.32 Å². The second-order valence-electron chi connectivity index (χ2n) is 2.40. The first-order chi connectivity index (χ1) is 7.99. The van der Waals surface area contributed by atoms with Gasteiger partial charge in [-0.3, -0.25) is 4.79 Å². The van der Waals surface area contributed by atoms with E-state index in [-0.39, 0.29) is 0 Å². The summed E-state index contributed by atoms with van der Waals surface area (Å²) >= 11 is 0. The Bertz CT molecular complexity index is 304. The topological polar surface area (TPSA) is 38.3 Å². The van der Waals surface area contributed by atoms with Gasteiger partial charge in [0.25, 0.3) is 0 Å². The molecule has 1 heterocycles. The molecule has 1 aliphatic rings. The van der Waals surface area contributed by atoms with E-state index in [4.69, 9.17) is 9.60 Å². The third kappa shape index (κ3) is 2.50. The lowest BCUT2D eigenvalue weighted by Gasteiger charge is -2.12. The average Bonchev–Trinajstić information content (AvgIpc) is 2.66. The molecule has 0 amide bonds.